The first-order valence-corrected chi connectivity index (χ1v) is 11.1. The minimum absolute atomic E-state index is 0.702. The Balaban J connectivity index is 3.42. The zero-order valence-electron chi connectivity index (χ0n) is 15.2. The number of ether oxygens (including phenoxy) is 2. The van der Waals surface area contributed by atoms with Gasteiger partial charge in [-0.3, -0.25) is 0 Å². The summed E-state index contributed by atoms with van der Waals surface area (Å²) in [5.41, 5.74) is -0.735. The van der Waals surface area contributed by atoms with Crippen LogP contribution in [0.2, 0.25) is 18.6 Å². The van der Waals surface area contributed by atoms with Gasteiger partial charge in [0.1, 0.15) is 6.04 Å². The molecule has 1 aromatic rings. The molecule has 0 unspecified atom stereocenters. The molecule has 140 valence electrons. The normalized spacial score (nSPS) is 16.3. The Kier molecular flexibility index (Phi) is 7.59. The van der Waals surface area contributed by atoms with Crippen molar-refractivity contribution in [3.63, 3.8) is 0 Å². The van der Waals surface area contributed by atoms with Crippen molar-refractivity contribution in [1.29, 1.82) is 0 Å². The molecule has 1 amide bonds. The Labute approximate surface area is 149 Å². The quantitative estimate of drug-likeness (QED) is 0.480. The van der Waals surface area contributed by atoms with Crippen LogP contribution < -0.4 is 10.5 Å². The first-order chi connectivity index (χ1) is 11.7. The van der Waals surface area contributed by atoms with Gasteiger partial charge in [0.25, 0.3) is 0 Å². The van der Waals surface area contributed by atoms with Crippen molar-refractivity contribution >= 4 is 25.3 Å². The molecule has 0 bridgehead atoms. The van der Waals surface area contributed by atoms with Gasteiger partial charge in [-0.15, -0.1) is 0 Å². The zero-order chi connectivity index (χ0) is 19.2. The number of benzene rings is 1. The maximum absolute atomic E-state index is 12.3. The van der Waals surface area contributed by atoms with Crippen molar-refractivity contribution in [2.75, 3.05) is 14.2 Å². The molecule has 0 saturated carbocycles. The lowest BCUT2D eigenvalue weighted by atomic mass is 10.0. The van der Waals surface area contributed by atoms with E-state index in [-0.39, 0.29) is 0 Å². The molecule has 0 radical (unpaired) electrons. The minimum atomic E-state index is -2.54. The molecule has 8 heteroatoms. The van der Waals surface area contributed by atoms with Crippen molar-refractivity contribution in [2.24, 2.45) is 0 Å². The largest absolute Gasteiger partial charge is 0.467 e. The van der Waals surface area contributed by atoms with Gasteiger partial charge in [-0.25, -0.2) is 9.59 Å². The van der Waals surface area contributed by atoms with E-state index >= 15 is 0 Å². The van der Waals surface area contributed by atoms with Gasteiger partial charge < -0.3 is 25.0 Å². The highest BCUT2D eigenvalue weighted by Gasteiger charge is 2.48. The number of methoxy groups -OCH3 is 2. The summed E-state index contributed by atoms with van der Waals surface area (Å²) in [6.45, 7) is 5.38. The number of nitrogens with one attached hydrogen (secondary N) is 1. The highest BCUT2D eigenvalue weighted by atomic mass is 28.3. The van der Waals surface area contributed by atoms with Gasteiger partial charge in [0.05, 0.1) is 34.5 Å². The number of alkyl carbamates (subject to hydrolysis) is 1. The van der Waals surface area contributed by atoms with Crippen LogP contribution in [0.5, 0.6) is 0 Å². The van der Waals surface area contributed by atoms with Crippen molar-refractivity contribution < 1.29 is 29.3 Å². The molecule has 0 fully saturated rings. The van der Waals surface area contributed by atoms with Crippen LogP contribution in [0.25, 0.3) is 0 Å². The highest BCUT2D eigenvalue weighted by molar-refractivity contribution is 6.91. The maximum Gasteiger partial charge on any atom is 0.407 e. The molecule has 0 aliphatic heterocycles. The third kappa shape index (κ3) is 5.04. The van der Waals surface area contributed by atoms with E-state index in [4.69, 9.17) is 4.74 Å². The van der Waals surface area contributed by atoms with Crippen molar-refractivity contribution in [1.82, 2.24) is 5.32 Å². The number of hydrogen-bond donors (Lipinski definition) is 3. The van der Waals surface area contributed by atoms with Crippen LogP contribution in [0, 0.1) is 0 Å². The molecule has 0 aliphatic carbocycles. The average Bonchev–Trinajstić information content (AvgIpc) is 2.60. The van der Waals surface area contributed by atoms with Gasteiger partial charge in [-0.1, -0.05) is 48.6 Å². The molecule has 0 spiro atoms. The summed E-state index contributed by atoms with van der Waals surface area (Å²) >= 11 is 0. The van der Waals surface area contributed by atoms with E-state index < -0.39 is 43.9 Å². The number of esters is 1. The van der Waals surface area contributed by atoms with Gasteiger partial charge in [0.15, 0.2) is 0 Å². The van der Waals surface area contributed by atoms with Crippen LogP contribution >= 0.6 is 0 Å². The number of carbonyl (C=O) groups is 2. The monoisotopic (exact) mass is 369 g/mol. The van der Waals surface area contributed by atoms with Crippen LogP contribution in [0.1, 0.15) is 6.92 Å². The van der Waals surface area contributed by atoms with Gasteiger partial charge in [-0.05, 0) is 6.92 Å². The van der Waals surface area contributed by atoms with Crippen molar-refractivity contribution in [3.8, 4) is 0 Å². The summed E-state index contributed by atoms with van der Waals surface area (Å²) in [6, 6.07) is 8.30. The molecule has 3 N–H and O–H groups in total. The first kappa shape index (κ1) is 21.1. The highest BCUT2D eigenvalue weighted by Crippen LogP contribution is 2.32. The molecule has 0 heterocycles. The second-order valence-electron chi connectivity index (χ2n) is 6.48. The molecule has 0 saturated heterocycles. The first-order valence-electron chi connectivity index (χ1n) is 8.00. The van der Waals surface area contributed by atoms with E-state index in [0.29, 0.717) is 0 Å². The van der Waals surface area contributed by atoms with Gasteiger partial charge in [0, 0.05) is 5.54 Å². The van der Waals surface area contributed by atoms with E-state index in [1.54, 1.807) is 0 Å². The van der Waals surface area contributed by atoms with Crippen LogP contribution in [0.4, 0.5) is 4.79 Å². The summed E-state index contributed by atoms with van der Waals surface area (Å²) in [7, 11) is -0.148. The number of amides is 1. The fourth-order valence-corrected chi connectivity index (χ4v) is 6.63. The molecule has 25 heavy (non-hydrogen) atoms. The number of aliphatic hydroxyl groups excluding tert-OH is 2. The Morgan fingerprint density at radius 3 is 2.08 bits per heavy atom. The van der Waals surface area contributed by atoms with Crippen LogP contribution in [-0.2, 0) is 14.3 Å². The van der Waals surface area contributed by atoms with Gasteiger partial charge >= 0.3 is 12.1 Å². The van der Waals surface area contributed by atoms with Crippen LogP contribution in [-0.4, -0.2) is 62.8 Å². The summed E-state index contributed by atoms with van der Waals surface area (Å²) in [5, 5.41) is 24.1. The van der Waals surface area contributed by atoms with Gasteiger partial charge in [0.2, 0.25) is 0 Å². The number of hydrogen-bond acceptors (Lipinski definition) is 6. The topological polar surface area (TPSA) is 105 Å². The standard InChI is InChI=1S/C17H27NO6Si/c1-11(19)14(20)15(13(16(21)23-2)18-17(22)24-3)25(4,5)12-9-7-6-8-10-12/h6-11,13-15,19-20H,1-5H3,(H,18,22)/t11-,13-,14-,15+/m1/s1. The Bertz CT molecular complexity index is 578. The number of aliphatic hydroxyl groups is 2. The lowest BCUT2D eigenvalue weighted by Crippen LogP contribution is -2.61. The third-order valence-electron chi connectivity index (χ3n) is 4.49. The fourth-order valence-electron chi connectivity index (χ4n) is 3.01. The minimum Gasteiger partial charge on any atom is -0.467 e. The second kappa shape index (κ2) is 8.98. The molecule has 7 nitrogen and oxygen atoms in total. The van der Waals surface area contributed by atoms with Crippen LogP contribution in [0.3, 0.4) is 0 Å². The summed E-state index contributed by atoms with van der Waals surface area (Å²) in [5.74, 6) is -0.702. The zero-order valence-corrected chi connectivity index (χ0v) is 16.2. The van der Waals surface area contributed by atoms with E-state index in [0.717, 1.165) is 5.19 Å². The lowest BCUT2D eigenvalue weighted by molar-refractivity contribution is -0.144. The van der Waals surface area contributed by atoms with E-state index in [1.807, 2.05) is 43.4 Å². The van der Waals surface area contributed by atoms with Crippen LogP contribution in [0.15, 0.2) is 30.3 Å². The summed E-state index contributed by atoms with van der Waals surface area (Å²) in [6.07, 6.45) is -3.13. The molecule has 1 aromatic carbocycles. The molecular weight excluding hydrogens is 342 g/mol. The Hall–Kier alpha value is -1.90. The third-order valence-corrected chi connectivity index (χ3v) is 8.65. The molecule has 4 atom stereocenters. The molecule has 0 aliphatic rings. The summed E-state index contributed by atoms with van der Waals surface area (Å²) in [4.78, 5) is 24.1. The molecule has 0 aromatic heterocycles. The fraction of sp³-hybridized carbons (Fsp3) is 0.529. The molecular formula is C17H27NO6Si. The number of carbonyl (C=O) groups excluding carboxylic acids is 2. The lowest BCUT2D eigenvalue weighted by Gasteiger charge is -2.41. The van der Waals surface area contributed by atoms with E-state index in [2.05, 4.69) is 10.1 Å². The predicted molar refractivity (Wildman–Crippen MR) is 96.3 cm³/mol. The Morgan fingerprint density at radius 1 is 1.08 bits per heavy atom. The van der Waals surface area contributed by atoms with Crippen molar-refractivity contribution in [2.45, 2.75) is 43.8 Å². The smallest absolute Gasteiger partial charge is 0.407 e. The predicted octanol–water partition coefficient (Wildman–Crippen LogP) is 0.612. The maximum atomic E-state index is 12.3. The SMILES string of the molecule is COC(=O)N[C@@H](C(=O)OC)[C@@H]([C@H](O)[C@@H](C)O)[Si](C)(C)c1ccccc1. The Morgan fingerprint density at radius 2 is 1.64 bits per heavy atom. The van der Waals surface area contributed by atoms with Gasteiger partial charge in [-0.2, -0.15) is 0 Å². The second-order valence-corrected chi connectivity index (χ2v) is 11.2. The summed E-state index contributed by atoms with van der Waals surface area (Å²) < 4.78 is 9.42. The molecule has 1 rings (SSSR count). The van der Waals surface area contributed by atoms with Crippen molar-refractivity contribution in [3.05, 3.63) is 30.3 Å². The van der Waals surface area contributed by atoms with E-state index in [9.17, 15) is 19.8 Å². The van der Waals surface area contributed by atoms with E-state index in [1.165, 1.54) is 21.1 Å². The average molecular weight is 369 g/mol. The number of rotatable bonds is 7.